The molecule has 1 saturated heterocycles. The fraction of sp³-hybridized carbons (Fsp3) is 0.250. The van der Waals surface area contributed by atoms with Gasteiger partial charge in [-0.1, -0.05) is 35.9 Å². The zero-order valence-electron chi connectivity index (χ0n) is 16.6. The maximum Gasteiger partial charge on any atom is 0.131 e. The summed E-state index contributed by atoms with van der Waals surface area (Å²) in [5.74, 6) is 0.340. The molecule has 1 fully saturated rings. The number of benzene rings is 3. The Morgan fingerprint density at radius 3 is 2.50 bits per heavy atom. The van der Waals surface area contributed by atoms with E-state index in [9.17, 15) is 4.39 Å². The molecule has 0 aromatic heterocycles. The number of hydrogen-bond acceptors (Lipinski definition) is 4. The summed E-state index contributed by atoms with van der Waals surface area (Å²) in [4.78, 5) is 2.32. The molecule has 0 radical (unpaired) electrons. The first-order chi connectivity index (χ1) is 14.7. The quantitative estimate of drug-likeness (QED) is 0.540. The minimum atomic E-state index is -0.363. The summed E-state index contributed by atoms with van der Waals surface area (Å²) >= 11 is 6.10. The van der Waals surface area contributed by atoms with Gasteiger partial charge in [0.1, 0.15) is 18.2 Å². The molecular formula is C24H24ClFN2O2. The first-order valence-corrected chi connectivity index (χ1v) is 10.4. The van der Waals surface area contributed by atoms with Gasteiger partial charge in [-0.15, -0.1) is 0 Å². The van der Waals surface area contributed by atoms with Crippen LogP contribution in [-0.2, 0) is 17.9 Å². The van der Waals surface area contributed by atoms with E-state index in [0.717, 1.165) is 37.6 Å². The molecule has 1 heterocycles. The van der Waals surface area contributed by atoms with E-state index in [-0.39, 0.29) is 12.4 Å². The van der Waals surface area contributed by atoms with Gasteiger partial charge in [-0.25, -0.2) is 4.39 Å². The SMILES string of the molecule is Fc1cccc(Cl)c1COc1ccccc1CNc1ccc(N2CCOCC2)cc1. The largest absolute Gasteiger partial charge is 0.488 e. The van der Waals surface area contributed by atoms with Crippen LogP contribution >= 0.6 is 11.6 Å². The summed E-state index contributed by atoms with van der Waals surface area (Å²) in [6.07, 6.45) is 0. The van der Waals surface area contributed by atoms with E-state index in [1.54, 1.807) is 12.1 Å². The van der Waals surface area contributed by atoms with Crippen molar-refractivity contribution < 1.29 is 13.9 Å². The maximum absolute atomic E-state index is 14.0. The average molecular weight is 427 g/mol. The van der Waals surface area contributed by atoms with Crippen molar-refractivity contribution in [2.45, 2.75) is 13.2 Å². The van der Waals surface area contributed by atoms with Gasteiger partial charge in [-0.2, -0.15) is 0 Å². The smallest absolute Gasteiger partial charge is 0.131 e. The summed E-state index contributed by atoms with van der Waals surface area (Å²) in [6, 6.07) is 20.8. The summed E-state index contributed by atoms with van der Waals surface area (Å²) in [6.45, 7) is 4.06. The highest BCUT2D eigenvalue weighted by molar-refractivity contribution is 6.31. The number of morpholine rings is 1. The number of nitrogens with zero attached hydrogens (tertiary/aromatic N) is 1. The van der Waals surface area contributed by atoms with Crippen molar-refractivity contribution in [3.05, 3.63) is 88.7 Å². The topological polar surface area (TPSA) is 33.7 Å². The second-order valence-electron chi connectivity index (χ2n) is 7.10. The zero-order valence-corrected chi connectivity index (χ0v) is 17.4. The van der Waals surface area contributed by atoms with Crippen LogP contribution in [0, 0.1) is 5.82 Å². The molecule has 1 N–H and O–H groups in total. The highest BCUT2D eigenvalue weighted by Crippen LogP contribution is 2.25. The fourth-order valence-corrected chi connectivity index (χ4v) is 3.64. The van der Waals surface area contributed by atoms with E-state index < -0.39 is 0 Å². The molecule has 0 aliphatic carbocycles. The van der Waals surface area contributed by atoms with Crippen molar-refractivity contribution in [3.63, 3.8) is 0 Å². The molecule has 3 aromatic rings. The van der Waals surface area contributed by atoms with Crippen LogP contribution in [0.3, 0.4) is 0 Å². The fourth-order valence-electron chi connectivity index (χ4n) is 3.42. The monoisotopic (exact) mass is 426 g/mol. The van der Waals surface area contributed by atoms with E-state index in [0.29, 0.717) is 22.9 Å². The Morgan fingerprint density at radius 2 is 1.73 bits per heavy atom. The Kier molecular flexibility index (Phi) is 6.72. The van der Waals surface area contributed by atoms with Crippen LogP contribution in [0.1, 0.15) is 11.1 Å². The van der Waals surface area contributed by atoms with E-state index in [2.05, 4.69) is 34.5 Å². The molecule has 0 spiro atoms. The number of halogens is 2. The third-order valence-electron chi connectivity index (χ3n) is 5.13. The molecule has 0 bridgehead atoms. The molecule has 0 atom stereocenters. The summed E-state index contributed by atoms with van der Waals surface area (Å²) in [5, 5.41) is 3.80. The second-order valence-corrected chi connectivity index (χ2v) is 7.50. The van der Waals surface area contributed by atoms with Crippen LogP contribution < -0.4 is 15.0 Å². The van der Waals surface area contributed by atoms with Crippen molar-refractivity contribution in [2.24, 2.45) is 0 Å². The molecule has 3 aromatic carbocycles. The van der Waals surface area contributed by atoms with Gasteiger partial charge in [0.05, 0.1) is 18.2 Å². The van der Waals surface area contributed by atoms with Crippen molar-refractivity contribution in [1.82, 2.24) is 0 Å². The van der Waals surface area contributed by atoms with E-state index in [4.69, 9.17) is 21.1 Å². The number of para-hydroxylation sites is 1. The summed E-state index contributed by atoms with van der Waals surface area (Å²) in [5.41, 5.74) is 3.58. The van der Waals surface area contributed by atoms with Gasteiger partial charge in [-0.3, -0.25) is 0 Å². The van der Waals surface area contributed by atoms with Crippen LogP contribution in [0.5, 0.6) is 5.75 Å². The minimum absolute atomic E-state index is 0.0801. The standard InChI is InChI=1S/C24H24ClFN2O2/c25-22-5-3-6-23(26)21(22)17-30-24-7-2-1-4-18(24)16-27-19-8-10-20(11-9-19)28-12-14-29-15-13-28/h1-11,27H,12-17H2. The van der Waals surface area contributed by atoms with Gasteiger partial charge in [0.2, 0.25) is 0 Å². The summed E-state index contributed by atoms with van der Waals surface area (Å²) < 4.78 is 25.3. The lowest BCUT2D eigenvalue weighted by Gasteiger charge is -2.29. The Balaban J connectivity index is 1.38. The molecule has 1 aliphatic heterocycles. The van der Waals surface area contributed by atoms with Gasteiger partial charge in [0, 0.05) is 42.1 Å². The Hall–Kier alpha value is -2.76. The van der Waals surface area contributed by atoms with Crippen molar-refractivity contribution in [1.29, 1.82) is 0 Å². The Bertz CT molecular complexity index is 955. The molecule has 4 rings (SSSR count). The van der Waals surface area contributed by atoms with Crippen molar-refractivity contribution >= 4 is 23.0 Å². The zero-order chi connectivity index (χ0) is 20.8. The first-order valence-electron chi connectivity index (χ1n) is 10.0. The van der Waals surface area contributed by atoms with Gasteiger partial charge in [-0.05, 0) is 42.5 Å². The lowest BCUT2D eigenvalue weighted by Crippen LogP contribution is -2.36. The Labute approximate surface area is 181 Å². The van der Waals surface area contributed by atoms with E-state index in [1.807, 2.05) is 24.3 Å². The molecule has 0 amide bonds. The molecule has 4 nitrogen and oxygen atoms in total. The number of ether oxygens (including phenoxy) is 2. The van der Waals surface area contributed by atoms with Crippen molar-refractivity contribution in [2.75, 3.05) is 36.5 Å². The molecule has 1 aliphatic rings. The second kappa shape index (κ2) is 9.83. The lowest BCUT2D eigenvalue weighted by molar-refractivity contribution is 0.122. The van der Waals surface area contributed by atoms with Gasteiger partial charge in [0.25, 0.3) is 0 Å². The molecule has 30 heavy (non-hydrogen) atoms. The molecular weight excluding hydrogens is 403 g/mol. The van der Waals surface area contributed by atoms with Crippen molar-refractivity contribution in [3.8, 4) is 5.75 Å². The highest BCUT2D eigenvalue weighted by atomic mass is 35.5. The van der Waals surface area contributed by atoms with Crippen LogP contribution in [-0.4, -0.2) is 26.3 Å². The van der Waals surface area contributed by atoms with Gasteiger partial charge in [0.15, 0.2) is 0 Å². The predicted octanol–water partition coefficient (Wildman–Crippen LogP) is 5.51. The van der Waals surface area contributed by atoms with Crippen LogP contribution in [0.2, 0.25) is 5.02 Å². The molecule has 156 valence electrons. The summed E-state index contributed by atoms with van der Waals surface area (Å²) in [7, 11) is 0. The van der Waals surface area contributed by atoms with E-state index in [1.165, 1.54) is 11.8 Å². The average Bonchev–Trinajstić information content (AvgIpc) is 2.79. The highest BCUT2D eigenvalue weighted by Gasteiger charge is 2.12. The number of hydrogen-bond donors (Lipinski definition) is 1. The molecule has 0 unspecified atom stereocenters. The maximum atomic E-state index is 14.0. The van der Waals surface area contributed by atoms with E-state index >= 15 is 0 Å². The first kappa shape index (κ1) is 20.5. The van der Waals surface area contributed by atoms with Gasteiger partial charge < -0.3 is 19.7 Å². The molecule has 6 heteroatoms. The number of rotatable bonds is 7. The minimum Gasteiger partial charge on any atom is -0.488 e. The number of nitrogens with one attached hydrogen (secondary N) is 1. The Morgan fingerprint density at radius 1 is 0.967 bits per heavy atom. The predicted molar refractivity (Wildman–Crippen MR) is 119 cm³/mol. The van der Waals surface area contributed by atoms with Crippen LogP contribution in [0.15, 0.2) is 66.7 Å². The lowest BCUT2D eigenvalue weighted by atomic mass is 10.2. The third-order valence-corrected chi connectivity index (χ3v) is 5.49. The third kappa shape index (κ3) is 5.04. The number of anilines is 2. The van der Waals surface area contributed by atoms with Gasteiger partial charge >= 0.3 is 0 Å². The van der Waals surface area contributed by atoms with Crippen LogP contribution in [0.4, 0.5) is 15.8 Å². The van der Waals surface area contributed by atoms with Crippen LogP contribution in [0.25, 0.3) is 0 Å². The molecule has 0 saturated carbocycles. The normalized spacial score (nSPS) is 13.9.